The largest absolute Gasteiger partial charge is 0.497 e. The zero-order valence-electron chi connectivity index (χ0n) is 16.5. The molecule has 0 unspecified atom stereocenters. The molecule has 1 aromatic heterocycles. The van der Waals surface area contributed by atoms with Crippen molar-refractivity contribution in [2.75, 3.05) is 38.2 Å². The molecule has 1 aliphatic heterocycles. The van der Waals surface area contributed by atoms with Crippen LogP contribution in [0.3, 0.4) is 0 Å². The number of aromatic nitrogens is 2. The SMILES string of the molecule is COc1ccc(CC(=O)N2CCN(c3nnc(C4CCCCC4)s3)CC2)cc1. The summed E-state index contributed by atoms with van der Waals surface area (Å²) in [6.45, 7) is 3.14. The molecule has 1 aliphatic carbocycles. The van der Waals surface area contributed by atoms with E-state index >= 15 is 0 Å². The third kappa shape index (κ3) is 4.46. The molecule has 7 heteroatoms. The van der Waals surface area contributed by atoms with E-state index in [1.54, 1.807) is 18.4 Å². The minimum Gasteiger partial charge on any atom is -0.497 e. The first-order chi connectivity index (χ1) is 13.7. The van der Waals surface area contributed by atoms with Gasteiger partial charge in [0, 0.05) is 32.1 Å². The summed E-state index contributed by atoms with van der Waals surface area (Å²) in [4.78, 5) is 16.9. The number of anilines is 1. The van der Waals surface area contributed by atoms with Crippen LogP contribution >= 0.6 is 11.3 Å². The Morgan fingerprint density at radius 1 is 1.07 bits per heavy atom. The van der Waals surface area contributed by atoms with Gasteiger partial charge in [0.25, 0.3) is 0 Å². The monoisotopic (exact) mass is 400 g/mol. The fourth-order valence-corrected chi connectivity index (χ4v) is 5.11. The molecule has 6 nitrogen and oxygen atoms in total. The van der Waals surface area contributed by atoms with Crippen LogP contribution in [0.25, 0.3) is 0 Å². The van der Waals surface area contributed by atoms with Crippen molar-refractivity contribution >= 4 is 22.4 Å². The van der Waals surface area contributed by atoms with E-state index in [9.17, 15) is 4.79 Å². The number of nitrogens with zero attached hydrogens (tertiary/aromatic N) is 4. The molecular weight excluding hydrogens is 372 g/mol. The molecule has 0 radical (unpaired) electrons. The van der Waals surface area contributed by atoms with Crippen molar-refractivity contribution in [3.63, 3.8) is 0 Å². The summed E-state index contributed by atoms with van der Waals surface area (Å²) >= 11 is 1.75. The lowest BCUT2D eigenvalue weighted by Crippen LogP contribution is -2.49. The van der Waals surface area contributed by atoms with Crippen molar-refractivity contribution in [2.24, 2.45) is 0 Å². The predicted molar refractivity (Wildman–Crippen MR) is 111 cm³/mol. The molecule has 0 spiro atoms. The Hall–Kier alpha value is -2.15. The van der Waals surface area contributed by atoms with E-state index < -0.39 is 0 Å². The van der Waals surface area contributed by atoms with Crippen molar-refractivity contribution < 1.29 is 9.53 Å². The summed E-state index contributed by atoms with van der Waals surface area (Å²) in [6, 6.07) is 7.72. The minimum absolute atomic E-state index is 0.185. The van der Waals surface area contributed by atoms with Crippen molar-refractivity contribution in [1.82, 2.24) is 15.1 Å². The first-order valence-electron chi connectivity index (χ1n) is 10.2. The summed E-state index contributed by atoms with van der Waals surface area (Å²) in [5.74, 6) is 1.60. The van der Waals surface area contributed by atoms with E-state index in [-0.39, 0.29) is 5.91 Å². The zero-order chi connectivity index (χ0) is 19.3. The van der Waals surface area contributed by atoms with Crippen LogP contribution in [0.2, 0.25) is 0 Å². The van der Waals surface area contributed by atoms with Crippen LogP contribution in [0.5, 0.6) is 5.75 Å². The summed E-state index contributed by atoms with van der Waals surface area (Å²) in [6.07, 6.45) is 6.93. The number of methoxy groups -OCH3 is 1. The number of piperazine rings is 1. The highest BCUT2D eigenvalue weighted by molar-refractivity contribution is 7.15. The number of carbonyl (C=O) groups is 1. The number of benzene rings is 1. The predicted octanol–water partition coefficient (Wildman–Crippen LogP) is 3.49. The molecule has 150 valence electrons. The van der Waals surface area contributed by atoms with Gasteiger partial charge in [0.1, 0.15) is 10.8 Å². The number of carbonyl (C=O) groups excluding carboxylic acids is 1. The van der Waals surface area contributed by atoms with Crippen molar-refractivity contribution in [3.8, 4) is 5.75 Å². The lowest BCUT2D eigenvalue weighted by atomic mass is 9.90. The standard InChI is InChI=1S/C21H28N4O2S/c1-27-18-9-7-16(8-10-18)15-19(26)24-11-13-25(14-12-24)21-23-22-20(28-21)17-5-3-2-4-6-17/h7-10,17H,2-6,11-15H2,1H3. The van der Waals surface area contributed by atoms with Gasteiger partial charge >= 0.3 is 0 Å². The fraction of sp³-hybridized carbons (Fsp3) is 0.571. The topological polar surface area (TPSA) is 58.6 Å². The number of hydrogen-bond donors (Lipinski definition) is 0. The first-order valence-corrected chi connectivity index (χ1v) is 11.0. The number of amides is 1. The molecule has 1 saturated heterocycles. The second kappa shape index (κ2) is 8.90. The van der Waals surface area contributed by atoms with Gasteiger partial charge in [-0.3, -0.25) is 4.79 Å². The van der Waals surface area contributed by atoms with Gasteiger partial charge in [0.15, 0.2) is 0 Å². The Labute approximate surface area is 170 Å². The van der Waals surface area contributed by atoms with Crippen LogP contribution in [0.15, 0.2) is 24.3 Å². The highest BCUT2D eigenvalue weighted by atomic mass is 32.1. The van der Waals surface area contributed by atoms with Crippen LogP contribution in [-0.4, -0.2) is 54.3 Å². The third-order valence-electron chi connectivity index (χ3n) is 5.80. The van der Waals surface area contributed by atoms with Gasteiger partial charge < -0.3 is 14.5 Å². The van der Waals surface area contributed by atoms with E-state index in [1.807, 2.05) is 29.2 Å². The minimum atomic E-state index is 0.185. The summed E-state index contributed by atoms with van der Waals surface area (Å²) < 4.78 is 5.17. The molecule has 0 bridgehead atoms. The van der Waals surface area contributed by atoms with Gasteiger partial charge in [0.2, 0.25) is 11.0 Å². The normalized spacial score (nSPS) is 18.3. The average Bonchev–Trinajstić information content (AvgIpc) is 3.25. The number of ether oxygens (including phenoxy) is 1. The molecule has 1 saturated carbocycles. The van der Waals surface area contributed by atoms with Crippen LogP contribution in [0.1, 0.15) is 48.6 Å². The Balaban J connectivity index is 1.29. The molecule has 1 aromatic carbocycles. The van der Waals surface area contributed by atoms with Crippen LogP contribution < -0.4 is 9.64 Å². The first kappa shape index (κ1) is 19.2. The second-order valence-electron chi connectivity index (χ2n) is 7.65. The molecular formula is C21H28N4O2S. The van der Waals surface area contributed by atoms with E-state index in [0.29, 0.717) is 12.3 Å². The van der Waals surface area contributed by atoms with Gasteiger partial charge in [-0.25, -0.2) is 0 Å². The molecule has 2 aliphatic rings. The molecule has 4 rings (SSSR count). The Morgan fingerprint density at radius 2 is 1.79 bits per heavy atom. The Morgan fingerprint density at radius 3 is 2.46 bits per heavy atom. The molecule has 2 aromatic rings. The smallest absolute Gasteiger partial charge is 0.227 e. The van der Waals surface area contributed by atoms with Crippen molar-refractivity contribution in [3.05, 3.63) is 34.8 Å². The highest BCUT2D eigenvalue weighted by Gasteiger charge is 2.25. The van der Waals surface area contributed by atoms with Crippen LogP contribution in [0.4, 0.5) is 5.13 Å². The van der Waals surface area contributed by atoms with E-state index in [4.69, 9.17) is 4.74 Å². The second-order valence-corrected chi connectivity index (χ2v) is 8.64. The molecule has 28 heavy (non-hydrogen) atoms. The lowest BCUT2D eigenvalue weighted by molar-refractivity contribution is -0.130. The van der Waals surface area contributed by atoms with Gasteiger partial charge in [-0.1, -0.05) is 42.7 Å². The summed E-state index contributed by atoms with van der Waals surface area (Å²) in [7, 11) is 1.65. The molecule has 1 amide bonds. The highest BCUT2D eigenvalue weighted by Crippen LogP contribution is 2.36. The zero-order valence-corrected chi connectivity index (χ0v) is 17.3. The Kier molecular flexibility index (Phi) is 6.10. The van der Waals surface area contributed by atoms with Gasteiger partial charge in [-0.05, 0) is 30.5 Å². The Bertz CT molecular complexity index is 778. The molecule has 0 N–H and O–H groups in total. The molecule has 2 heterocycles. The van der Waals surface area contributed by atoms with Crippen LogP contribution in [-0.2, 0) is 11.2 Å². The molecule has 0 atom stereocenters. The maximum Gasteiger partial charge on any atom is 0.227 e. The lowest BCUT2D eigenvalue weighted by Gasteiger charge is -2.34. The average molecular weight is 401 g/mol. The van der Waals surface area contributed by atoms with E-state index in [0.717, 1.165) is 42.6 Å². The van der Waals surface area contributed by atoms with Gasteiger partial charge in [-0.15, -0.1) is 10.2 Å². The van der Waals surface area contributed by atoms with E-state index in [2.05, 4.69) is 15.1 Å². The summed E-state index contributed by atoms with van der Waals surface area (Å²) in [5.41, 5.74) is 1.02. The number of rotatable bonds is 5. The van der Waals surface area contributed by atoms with Gasteiger partial charge in [0.05, 0.1) is 13.5 Å². The molecule has 2 fully saturated rings. The van der Waals surface area contributed by atoms with Crippen molar-refractivity contribution in [1.29, 1.82) is 0 Å². The maximum atomic E-state index is 12.6. The van der Waals surface area contributed by atoms with Crippen molar-refractivity contribution in [2.45, 2.75) is 44.4 Å². The number of hydrogen-bond acceptors (Lipinski definition) is 6. The quantitative estimate of drug-likeness (QED) is 0.769. The van der Waals surface area contributed by atoms with E-state index in [1.165, 1.54) is 37.1 Å². The van der Waals surface area contributed by atoms with Gasteiger partial charge in [-0.2, -0.15) is 0 Å². The summed E-state index contributed by atoms with van der Waals surface area (Å²) in [5, 5.41) is 11.1. The van der Waals surface area contributed by atoms with Crippen LogP contribution in [0, 0.1) is 0 Å². The maximum absolute atomic E-state index is 12.6. The fourth-order valence-electron chi connectivity index (χ4n) is 4.05. The third-order valence-corrected chi connectivity index (χ3v) is 6.95.